The predicted molar refractivity (Wildman–Crippen MR) is 134 cm³/mol. The Labute approximate surface area is 208 Å². The first-order valence-corrected chi connectivity index (χ1v) is 12.0. The van der Waals surface area contributed by atoms with E-state index in [9.17, 15) is 4.79 Å². The number of ether oxygens (including phenoxy) is 1. The van der Waals surface area contributed by atoms with E-state index >= 15 is 0 Å². The van der Waals surface area contributed by atoms with Gasteiger partial charge in [-0.1, -0.05) is 47.1 Å². The second-order valence-corrected chi connectivity index (χ2v) is 8.91. The quantitative estimate of drug-likeness (QED) is 0.342. The molecule has 3 aromatic carbocycles. The first-order valence-electron chi connectivity index (χ1n) is 11.6. The summed E-state index contributed by atoms with van der Waals surface area (Å²) < 4.78 is 11.4. The van der Waals surface area contributed by atoms with Crippen molar-refractivity contribution in [2.45, 2.75) is 19.4 Å². The summed E-state index contributed by atoms with van der Waals surface area (Å²) in [7, 11) is 0. The largest absolute Gasteiger partial charge is 0.455 e. The molecule has 0 aliphatic carbocycles. The maximum absolute atomic E-state index is 13.0. The number of nitrogens with zero attached hydrogens (tertiary/aromatic N) is 3. The Hall–Kier alpha value is -3.68. The molecule has 0 bridgehead atoms. The van der Waals surface area contributed by atoms with E-state index in [0.717, 1.165) is 37.2 Å². The molecule has 35 heavy (non-hydrogen) atoms. The van der Waals surface area contributed by atoms with E-state index in [4.69, 9.17) is 20.9 Å². The highest BCUT2D eigenvalue weighted by molar-refractivity contribution is 6.30. The molecule has 1 amide bonds. The van der Waals surface area contributed by atoms with Crippen molar-refractivity contribution in [1.29, 1.82) is 0 Å². The highest BCUT2D eigenvalue weighted by atomic mass is 35.5. The Bertz CT molecular complexity index is 1270. The fourth-order valence-corrected chi connectivity index (χ4v) is 4.22. The Morgan fingerprint density at radius 1 is 1.00 bits per heavy atom. The van der Waals surface area contributed by atoms with Crippen LogP contribution in [0.1, 0.15) is 18.7 Å². The molecule has 1 fully saturated rings. The van der Waals surface area contributed by atoms with Crippen molar-refractivity contribution < 1.29 is 14.1 Å². The number of anilines is 1. The molecule has 1 aliphatic rings. The number of carbonyl (C=O) groups excluding carboxylic acids is 1. The van der Waals surface area contributed by atoms with Gasteiger partial charge in [0.15, 0.2) is 5.75 Å². The molecule has 0 spiro atoms. The fraction of sp³-hybridized carbons (Fsp3) is 0.222. The standard InChI is InChI=1S/C27H25ClN4O3/c28-21-12-10-19(11-13-21)26-30-25(35-31-26)18-32-16-14-20(15-17-32)27(33)29-23-8-4-5-9-24(23)34-22-6-2-1-3-7-22/h1-13,20H,14-18H2,(H,29,33). The lowest BCUT2D eigenvalue weighted by Crippen LogP contribution is -2.37. The third-order valence-electron chi connectivity index (χ3n) is 6.00. The number of nitrogens with one attached hydrogen (secondary N) is 1. The SMILES string of the molecule is O=C(Nc1ccccc1Oc1ccccc1)C1CCN(Cc2nc(-c3ccc(Cl)cc3)no2)CC1. The molecule has 0 saturated carbocycles. The molecule has 1 aliphatic heterocycles. The molecule has 1 saturated heterocycles. The molecule has 4 aromatic rings. The fourth-order valence-electron chi connectivity index (χ4n) is 4.09. The number of hydrogen-bond acceptors (Lipinski definition) is 6. The van der Waals surface area contributed by atoms with Gasteiger partial charge in [-0.2, -0.15) is 4.98 Å². The predicted octanol–water partition coefficient (Wildman–Crippen LogP) is 6.03. The van der Waals surface area contributed by atoms with Crippen LogP contribution in [0.2, 0.25) is 5.02 Å². The molecule has 0 atom stereocenters. The van der Waals surface area contributed by atoms with Crippen molar-refractivity contribution >= 4 is 23.2 Å². The van der Waals surface area contributed by atoms with Gasteiger partial charge >= 0.3 is 0 Å². The molecular formula is C27H25ClN4O3. The number of piperidine rings is 1. The van der Waals surface area contributed by atoms with Gasteiger partial charge in [-0.3, -0.25) is 9.69 Å². The average Bonchev–Trinajstić information content (AvgIpc) is 3.35. The van der Waals surface area contributed by atoms with Crippen molar-refractivity contribution in [1.82, 2.24) is 15.0 Å². The van der Waals surface area contributed by atoms with Gasteiger partial charge in [-0.15, -0.1) is 0 Å². The molecule has 1 N–H and O–H groups in total. The minimum Gasteiger partial charge on any atom is -0.455 e. The summed E-state index contributed by atoms with van der Waals surface area (Å²) in [5.74, 6) is 2.40. The van der Waals surface area contributed by atoms with Gasteiger partial charge in [-0.05, 0) is 74.5 Å². The van der Waals surface area contributed by atoms with E-state index in [0.29, 0.717) is 34.7 Å². The third kappa shape index (κ3) is 5.88. The smallest absolute Gasteiger partial charge is 0.241 e. The molecule has 5 rings (SSSR count). The molecular weight excluding hydrogens is 464 g/mol. The number of rotatable bonds is 7. The Morgan fingerprint density at radius 2 is 1.71 bits per heavy atom. The molecule has 0 radical (unpaired) electrons. The first kappa shape index (κ1) is 23.1. The number of carbonyl (C=O) groups is 1. The van der Waals surface area contributed by atoms with Crippen molar-refractivity contribution in [3.05, 3.63) is 89.8 Å². The summed E-state index contributed by atoms with van der Waals surface area (Å²) in [6.07, 6.45) is 1.51. The van der Waals surface area contributed by atoms with Gasteiger partial charge in [0.1, 0.15) is 5.75 Å². The number of aromatic nitrogens is 2. The molecule has 8 heteroatoms. The Balaban J connectivity index is 1.14. The normalized spacial score (nSPS) is 14.5. The lowest BCUT2D eigenvalue weighted by atomic mass is 9.96. The first-order chi connectivity index (χ1) is 17.1. The Morgan fingerprint density at radius 3 is 2.49 bits per heavy atom. The zero-order chi connectivity index (χ0) is 24.0. The van der Waals surface area contributed by atoms with Gasteiger partial charge in [-0.25, -0.2) is 0 Å². The third-order valence-corrected chi connectivity index (χ3v) is 6.26. The average molecular weight is 489 g/mol. The molecule has 178 valence electrons. The lowest BCUT2D eigenvalue weighted by Gasteiger charge is -2.30. The van der Waals surface area contributed by atoms with E-state index in [1.807, 2.05) is 66.7 Å². The van der Waals surface area contributed by atoms with E-state index < -0.39 is 0 Å². The molecule has 7 nitrogen and oxygen atoms in total. The zero-order valence-electron chi connectivity index (χ0n) is 19.1. The van der Waals surface area contributed by atoms with Crippen LogP contribution in [0.25, 0.3) is 11.4 Å². The van der Waals surface area contributed by atoms with E-state index in [2.05, 4.69) is 20.4 Å². The minimum absolute atomic E-state index is 0.0107. The number of likely N-dealkylation sites (tertiary alicyclic amines) is 1. The number of hydrogen-bond donors (Lipinski definition) is 1. The maximum atomic E-state index is 13.0. The maximum Gasteiger partial charge on any atom is 0.241 e. The van der Waals surface area contributed by atoms with Gasteiger partial charge in [0.25, 0.3) is 0 Å². The lowest BCUT2D eigenvalue weighted by molar-refractivity contribution is -0.121. The minimum atomic E-state index is -0.0663. The van der Waals surface area contributed by atoms with Crippen LogP contribution in [0.5, 0.6) is 11.5 Å². The summed E-state index contributed by atoms with van der Waals surface area (Å²) in [5.41, 5.74) is 1.53. The Kier molecular flexibility index (Phi) is 7.07. The number of para-hydroxylation sites is 3. The van der Waals surface area contributed by atoms with Crippen LogP contribution in [-0.4, -0.2) is 34.0 Å². The number of halogens is 1. The van der Waals surface area contributed by atoms with Gasteiger partial charge in [0, 0.05) is 16.5 Å². The molecule has 1 aromatic heterocycles. The van der Waals surface area contributed by atoms with Crippen molar-refractivity contribution in [3.8, 4) is 22.9 Å². The van der Waals surface area contributed by atoms with Gasteiger partial charge < -0.3 is 14.6 Å². The van der Waals surface area contributed by atoms with Gasteiger partial charge in [0.2, 0.25) is 17.6 Å². The summed E-state index contributed by atoms with van der Waals surface area (Å²) in [6, 6.07) is 24.4. The van der Waals surface area contributed by atoms with E-state index in [1.165, 1.54) is 0 Å². The van der Waals surface area contributed by atoms with Crippen LogP contribution in [0.15, 0.2) is 83.4 Å². The topological polar surface area (TPSA) is 80.5 Å². The highest BCUT2D eigenvalue weighted by Gasteiger charge is 2.26. The van der Waals surface area contributed by atoms with Crippen LogP contribution in [-0.2, 0) is 11.3 Å². The summed E-state index contributed by atoms with van der Waals surface area (Å²) in [4.78, 5) is 19.7. The molecule has 0 unspecified atom stereocenters. The summed E-state index contributed by atoms with van der Waals surface area (Å²) >= 11 is 5.95. The van der Waals surface area contributed by atoms with Crippen LogP contribution in [0.4, 0.5) is 5.69 Å². The summed E-state index contributed by atoms with van der Waals surface area (Å²) in [5, 5.41) is 7.80. The van der Waals surface area contributed by atoms with Crippen molar-refractivity contribution in [2.75, 3.05) is 18.4 Å². The molecule has 2 heterocycles. The zero-order valence-corrected chi connectivity index (χ0v) is 19.8. The monoisotopic (exact) mass is 488 g/mol. The highest BCUT2D eigenvalue weighted by Crippen LogP contribution is 2.30. The second kappa shape index (κ2) is 10.7. The number of benzene rings is 3. The van der Waals surface area contributed by atoms with Crippen molar-refractivity contribution in [3.63, 3.8) is 0 Å². The van der Waals surface area contributed by atoms with Gasteiger partial charge in [0.05, 0.1) is 12.2 Å². The second-order valence-electron chi connectivity index (χ2n) is 8.47. The van der Waals surface area contributed by atoms with Crippen molar-refractivity contribution in [2.24, 2.45) is 5.92 Å². The summed E-state index contributed by atoms with van der Waals surface area (Å²) in [6.45, 7) is 2.11. The van der Waals surface area contributed by atoms with Crippen LogP contribution in [0.3, 0.4) is 0 Å². The van der Waals surface area contributed by atoms with E-state index in [1.54, 1.807) is 12.1 Å². The van der Waals surface area contributed by atoms with Crippen LogP contribution in [0, 0.1) is 5.92 Å². The number of amides is 1. The van der Waals surface area contributed by atoms with Crippen LogP contribution < -0.4 is 10.1 Å². The van der Waals surface area contributed by atoms with Crippen LogP contribution >= 0.6 is 11.6 Å². The van der Waals surface area contributed by atoms with E-state index in [-0.39, 0.29) is 11.8 Å².